The molecule has 1 amide bonds. The van der Waals surface area contributed by atoms with Crippen LogP contribution in [0.3, 0.4) is 0 Å². The number of benzene rings is 1. The average molecular weight is 353 g/mol. The molecule has 2 aromatic rings. The van der Waals surface area contributed by atoms with Gasteiger partial charge in [0.15, 0.2) is 6.61 Å². The molecular weight excluding hydrogens is 335 g/mol. The number of ether oxygens (including phenoxy) is 1. The van der Waals surface area contributed by atoms with E-state index in [1.807, 2.05) is 17.8 Å². The van der Waals surface area contributed by atoms with Crippen LogP contribution in [0.2, 0.25) is 5.02 Å². The first-order valence-electron chi connectivity index (χ1n) is 7.53. The topological polar surface area (TPSA) is 73.4 Å². The van der Waals surface area contributed by atoms with Crippen molar-refractivity contribution in [2.45, 2.75) is 12.0 Å². The van der Waals surface area contributed by atoms with Gasteiger partial charge in [-0.3, -0.25) is 4.79 Å². The van der Waals surface area contributed by atoms with Gasteiger partial charge >= 0.3 is 0 Å². The van der Waals surface area contributed by atoms with Crippen molar-refractivity contribution in [3.05, 3.63) is 47.3 Å². The minimum Gasteiger partial charge on any atom is -0.482 e. The van der Waals surface area contributed by atoms with Crippen LogP contribution in [0.5, 0.6) is 5.75 Å². The first-order valence-corrected chi connectivity index (χ1v) is 7.91. The summed E-state index contributed by atoms with van der Waals surface area (Å²) in [7, 11) is 1.89. The number of hydrogen-bond donors (Lipinski definition) is 1. The number of nitrogens with zero attached hydrogens (tertiary/aromatic N) is 3. The molecule has 0 saturated carbocycles. The van der Waals surface area contributed by atoms with Crippen molar-refractivity contribution in [2.24, 2.45) is 12.8 Å². The van der Waals surface area contributed by atoms with E-state index in [1.54, 1.807) is 11.2 Å². The molecular formula is C16H18ClFN4O2. The first kappa shape index (κ1) is 16.7. The lowest BCUT2D eigenvalue weighted by Gasteiger charge is -2.16. The number of imidazole rings is 1. The first-order chi connectivity index (χ1) is 11.4. The quantitative estimate of drug-likeness (QED) is 0.906. The molecule has 0 aliphatic carbocycles. The van der Waals surface area contributed by atoms with Gasteiger partial charge in [-0.05, 0) is 18.2 Å². The molecule has 0 spiro atoms. The van der Waals surface area contributed by atoms with E-state index in [0.29, 0.717) is 13.1 Å². The van der Waals surface area contributed by atoms with E-state index in [-0.39, 0.29) is 35.2 Å². The van der Waals surface area contributed by atoms with Crippen molar-refractivity contribution in [1.82, 2.24) is 14.5 Å². The van der Waals surface area contributed by atoms with Gasteiger partial charge in [-0.2, -0.15) is 0 Å². The van der Waals surface area contributed by atoms with Crippen LogP contribution in [0.4, 0.5) is 4.39 Å². The Bertz CT molecular complexity index is 751. The second kappa shape index (κ2) is 6.78. The van der Waals surface area contributed by atoms with Crippen molar-refractivity contribution in [1.29, 1.82) is 0 Å². The van der Waals surface area contributed by atoms with Crippen LogP contribution >= 0.6 is 11.6 Å². The molecule has 1 fully saturated rings. The number of rotatable bonds is 4. The molecule has 3 rings (SSSR count). The molecule has 2 N–H and O–H groups in total. The van der Waals surface area contributed by atoms with Crippen molar-refractivity contribution < 1.29 is 13.9 Å². The lowest BCUT2D eigenvalue weighted by Crippen LogP contribution is -2.35. The molecule has 0 radical (unpaired) electrons. The van der Waals surface area contributed by atoms with Gasteiger partial charge in [-0.1, -0.05) is 11.6 Å². The van der Waals surface area contributed by atoms with Gasteiger partial charge in [0.05, 0.1) is 17.0 Å². The molecule has 2 heterocycles. The van der Waals surface area contributed by atoms with E-state index in [9.17, 15) is 9.18 Å². The number of carbonyl (C=O) groups excluding carboxylic acids is 1. The van der Waals surface area contributed by atoms with E-state index in [4.69, 9.17) is 22.1 Å². The van der Waals surface area contributed by atoms with Crippen molar-refractivity contribution in [3.8, 4) is 5.75 Å². The molecule has 128 valence electrons. The monoisotopic (exact) mass is 352 g/mol. The van der Waals surface area contributed by atoms with Crippen LogP contribution in [0.25, 0.3) is 0 Å². The Morgan fingerprint density at radius 1 is 1.50 bits per heavy atom. The molecule has 24 heavy (non-hydrogen) atoms. The van der Waals surface area contributed by atoms with Gasteiger partial charge in [0, 0.05) is 38.3 Å². The van der Waals surface area contributed by atoms with Gasteiger partial charge in [0.2, 0.25) is 0 Å². The van der Waals surface area contributed by atoms with Gasteiger partial charge in [-0.15, -0.1) is 0 Å². The standard InChI is InChI=1S/C16H18ClFN4O2/c1-21-7-14(20-9-21)11-5-22(6-13(11)19)16(23)8-24-15-3-2-10(18)4-12(15)17/h2-4,7,9,11,13H,5-6,8,19H2,1H3/t11-,13-/m1/s1. The largest absolute Gasteiger partial charge is 0.482 e. The second-order valence-electron chi connectivity index (χ2n) is 5.90. The zero-order valence-electron chi connectivity index (χ0n) is 13.2. The summed E-state index contributed by atoms with van der Waals surface area (Å²) in [5.41, 5.74) is 7.03. The molecule has 8 heteroatoms. The van der Waals surface area contributed by atoms with Crippen molar-refractivity contribution in [3.63, 3.8) is 0 Å². The number of amides is 1. The molecule has 2 atom stereocenters. The maximum atomic E-state index is 13.0. The van der Waals surface area contributed by atoms with E-state index >= 15 is 0 Å². The van der Waals surface area contributed by atoms with Crippen LogP contribution in [0, 0.1) is 5.82 Å². The summed E-state index contributed by atoms with van der Waals surface area (Å²) in [6, 6.07) is 3.61. The molecule has 1 aliphatic heterocycles. The van der Waals surface area contributed by atoms with E-state index in [1.165, 1.54) is 12.1 Å². The Morgan fingerprint density at radius 2 is 2.29 bits per heavy atom. The fourth-order valence-corrected chi connectivity index (χ4v) is 3.01. The highest BCUT2D eigenvalue weighted by atomic mass is 35.5. The third kappa shape index (κ3) is 3.52. The highest BCUT2D eigenvalue weighted by molar-refractivity contribution is 6.32. The van der Waals surface area contributed by atoms with Gasteiger partial charge in [0.1, 0.15) is 11.6 Å². The zero-order valence-corrected chi connectivity index (χ0v) is 13.9. The highest BCUT2D eigenvalue weighted by Crippen LogP contribution is 2.27. The Kier molecular flexibility index (Phi) is 4.73. The number of hydrogen-bond acceptors (Lipinski definition) is 4. The second-order valence-corrected chi connectivity index (χ2v) is 6.30. The summed E-state index contributed by atoms with van der Waals surface area (Å²) >= 11 is 5.88. The third-order valence-electron chi connectivity index (χ3n) is 4.07. The zero-order chi connectivity index (χ0) is 17.3. The summed E-state index contributed by atoms with van der Waals surface area (Å²) in [4.78, 5) is 18.3. The molecule has 1 aromatic heterocycles. The number of aromatic nitrogens is 2. The third-order valence-corrected chi connectivity index (χ3v) is 4.36. The number of halogens is 2. The maximum Gasteiger partial charge on any atom is 0.260 e. The summed E-state index contributed by atoms with van der Waals surface area (Å²) < 4.78 is 20.3. The highest BCUT2D eigenvalue weighted by Gasteiger charge is 2.35. The number of nitrogens with two attached hydrogens (primary N) is 1. The van der Waals surface area contributed by atoms with Gasteiger partial charge < -0.3 is 19.9 Å². The smallest absolute Gasteiger partial charge is 0.260 e. The van der Waals surface area contributed by atoms with Crippen LogP contribution in [-0.2, 0) is 11.8 Å². The lowest BCUT2D eigenvalue weighted by molar-refractivity contribution is -0.132. The minimum atomic E-state index is -0.456. The summed E-state index contributed by atoms with van der Waals surface area (Å²) in [6.45, 7) is 0.769. The maximum absolute atomic E-state index is 13.0. The summed E-state index contributed by atoms with van der Waals surface area (Å²) in [5.74, 6) is -0.368. The Hall–Kier alpha value is -2.12. The molecule has 0 bridgehead atoms. The van der Waals surface area contributed by atoms with Crippen molar-refractivity contribution in [2.75, 3.05) is 19.7 Å². The lowest BCUT2D eigenvalue weighted by atomic mass is 10.0. The van der Waals surface area contributed by atoms with Crippen LogP contribution in [-0.4, -0.2) is 46.1 Å². The summed E-state index contributed by atoms with van der Waals surface area (Å²) in [5, 5.41) is 0.132. The SMILES string of the molecule is Cn1cnc([C@@H]2CN(C(=O)COc3ccc(F)cc3Cl)C[C@H]2N)c1. The molecule has 0 unspecified atom stereocenters. The van der Waals surface area contributed by atoms with E-state index < -0.39 is 5.82 Å². The number of carbonyl (C=O) groups is 1. The average Bonchev–Trinajstić information content (AvgIpc) is 3.12. The van der Waals surface area contributed by atoms with E-state index in [2.05, 4.69) is 4.98 Å². The molecule has 1 aromatic carbocycles. The van der Waals surface area contributed by atoms with Gasteiger partial charge in [-0.25, -0.2) is 9.37 Å². The fraction of sp³-hybridized carbons (Fsp3) is 0.375. The van der Waals surface area contributed by atoms with Crippen LogP contribution in [0.15, 0.2) is 30.7 Å². The Morgan fingerprint density at radius 3 is 2.96 bits per heavy atom. The fourth-order valence-electron chi connectivity index (χ4n) is 2.79. The Balaban J connectivity index is 1.60. The summed E-state index contributed by atoms with van der Waals surface area (Å²) in [6.07, 6.45) is 3.62. The molecule has 1 aliphatic rings. The van der Waals surface area contributed by atoms with Crippen molar-refractivity contribution >= 4 is 17.5 Å². The number of likely N-dealkylation sites (tertiary alicyclic amines) is 1. The predicted molar refractivity (Wildman–Crippen MR) is 87.4 cm³/mol. The minimum absolute atomic E-state index is 0.00422. The molecule has 1 saturated heterocycles. The number of aryl methyl sites for hydroxylation is 1. The van der Waals surface area contributed by atoms with Gasteiger partial charge in [0.25, 0.3) is 5.91 Å². The predicted octanol–water partition coefficient (Wildman–Crippen LogP) is 1.54. The van der Waals surface area contributed by atoms with Crippen LogP contribution in [0.1, 0.15) is 11.6 Å². The molecule has 6 nitrogen and oxygen atoms in total. The van der Waals surface area contributed by atoms with E-state index in [0.717, 1.165) is 11.8 Å². The normalized spacial score (nSPS) is 20.4. The Labute approximate surface area is 144 Å². The van der Waals surface area contributed by atoms with Crippen LogP contribution < -0.4 is 10.5 Å².